The largest absolute Gasteiger partial charge is 0.459 e. The van der Waals surface area contributed by atoms with Gasteiger partial charge in [0, 0.05) is 0 Å². The van der Waals surface area contributed by atoms with Crippen LogP contribution in [0.3, 0.4) is 0 Å². The maximum atomic E-state index is 11.4. The van der Waals surface area contributed by atoms with Gasteiger partial charge in [0.05, 0.1) is 6.10 Å². The summed E-state index contributed by atoms with van der Waals surface area (Å²) < 4.78 is 2.97. The maximum absolute atomic E-state index is 11.4. The smallest absolute Gasteiger partial charge is 0.345 e. The topological polar surface area (TPSA) is 46.5 Å². The quantitative estimate of drug-likeness (QED) is 0.669. The van der Waals surface area contributed by atoms with Crippen LogP contribution in [0.1, 0.15) is 12.5 Å². The minimum Gasteiger partial charge on any atom is -0.459 e. The van der Waals surface area contributed by atoms with Crippen molar-refractivity contribution in [2.45, 2.75) is 24.0 Å². The van der Waals surface area contributed by atoms with Crippen LogP contribution >= 0.6 is 23.2 Å². The number of halogens is 2. The SMILES string of the molecule is C[C@@H](O)C(Cl)(Cl)C(=O)OCc1ccccc1. The molecule has 88 valence electrons. The van der Waals surface area contributed by atoms with E-state index in [-0.39, 0.29) is 6.61 Å². The molecule has 0 amide bonds. The second kappa shape index (κ2) is 5.53. The van der Waals surface area contributed by atoms with Crippen molar-refractivity contribution < 1.29 is 14.6 Å². The summed E-state index contributed by atoms with van der Waals surface area (Å²) in [5.74, 6) is -0.852. The molecule has 0 fully saturated rings. The zero-order valence-corrected chi connectivity index (χ0v) is 10.2. The van der Waals surface area contributed by atoms with Crippen LogP contribution < -0.4 is 0 Å². The highest BCUT2D eigenvalue weighted by atomic mass is 35.5. The summed E-state index contributed by atoms with van der Waals surface area (Å²) in [6.45, 7) is 1.40. The van der Waals surface area contributed by atoms with Crippen LogP contribution in [0.25, 0.3) is 0 Å². The lowest BCUT2D eigenvalue weighted by atomic mass is 10.2. The van der Waals surface area contributed by atoms with Crippen molar-refractivity contribution in [1.82, 2.24) is 0 Å². The highest BCUT2D eigenvalue weighted by molar-refractivity contribution is 6.58. The Bertz CT molecular complexity index is 350. The van der Waals surface area contributed by atoms with Gasteiger partial charge >= 0.3 is 5.97 Å². The van der Waals surface area contributed by atoms with E-state index in [1.54, 1.807) is 12.1 Å². The lowest BCUT2D eigenvalue weighted by Gasteiger charge is -2.20. The molecule has 0 radical (unpaired) electrons. The maximum Gasteiger partial charge on any atom is 0.345 e. The van der Waals surface area contributed by atoms with Gasteiger partial charge in [0.2, 0.25) is 4.33 Å². The number of hydrogen-bond donors (Lipinski definition) is 1. The molecule has 1 aromatic carbocycles. The fraction of sp³-hybridized carbons (Fsp3) is 0.364. The highest BCUT2D eigenvalue weighted by Gasteiger charge is 2.40. The van der Waals surface area contributed by atoms with E-state index in [1.165, 1.54) is 6.92 Å². The van der Waals surface area contributed by atoms with Gasteiger partial charge in [-0.1, -0.05) is 53.5 Å². The molecule has 0 heterocycles. The summed E-state index contributed by atoms with van der Waals surface area (Å²) in [5, 5.41) is 9.18. The third-order valence-corrected chi connectivity index (χ3v) is 2.95. The predicted octanol–water partition coefficient (Wildman–Crippen LogP) is 2.28. The van der Waals surface area contributed by atoms with Crippen molar-refractivity contribution in [1.29, 1.82) is 0 Å². The van der Waals surface area contributed by atoms with Gasteiger partial charge in [0.25, 0.3) is 0 Å². The Morgan fingerprint density at radius 3 is 2.50 bits per heavy atom. The summed E-state index contributed by atoms with van der Waals surface area (Å²) in [4.78, 5) is 11.4. The van der Waals surface area contributed by atoms with Crippen LogP contribution in [0.5, 0.6) is 0 Å². The number of aliphatic hydroxyl groups excluding tert-OH is 1. The van der Waals surface area contributed by atoms with E-state index in [0.717, 1.165) is 5.56 Å². The van der Waals surface area contributed by atoms with Gasteiger partial charge in [0.1, 0.15) is 6.61 Å². The molecule has 1 aromatic rings. The fourth-order valence-electron chi connectivity index (χ4n) is 0.990. The van der Waals surface area contributed by atoms with Gasteiger partial charge in [-0.15, -0.1) is 0 Å². The summed E-state index contributed by atoms with van der Waals surface area (Å²) in [6, 6.07) is 9.12. The first kappa shape index (κ1) is 13.3. The van der Waals surface area contributed by atoms with Crippen molar-refractivity contribution in [3.8, 4) is 0 Å². The number of carbonyl (C=O) groups is 1. The number of ether oxygens (including phenoxy) is 1. The first-order valence-electron chi connectivity index (χ1n) is 4.71. The number of esters is 1. The van der Waals surface area contributed by atoms with Gasteiger partial charge in [0.15, 0.2) is 0 Å². The summed E-state index contributed by atoms with van der Waals surface area (Å²) in [5.41, 5.74) is 0.825. The average molecular weight is 263 g/mol. The van der Waals surface area contributed by atoms with Gasteiger partial charge < -0.3 is 9.84 Å². The normalized spacial score (nSPS) is 13.2. The third-order valence-electron chi connectivity index (χ3n) is 2.01. The van der Waals surface area contributed by atoms with E-state index < -0.39 is 16.4 Å². The molecule has 1 atom stereocenters. The molecule has 0 saturated heterocycles. The predicted molar refractivity (Wildman–Crippen MR) is 62.4 cm³/mol. The Morgan fingerprint density at radius 1 is 1.44 bits per heavy atom. The van der Waals surface area contributed by atoms with Crippen LogP contribution in [0, 0.1) is 0 Å². The first-order chi connectivity index (χ1) is 7.44. The van der Waals surface area contributed by atoms with Crippen molar-refractivity contribution in [2.75, 3.05) is 0 Å². The van der Waals surface area contributed by atoms with Gasteiger partial charge in [-0.05, 0) is 12.5 Å². The number of benzene rings is 1. The molecule has 5 heteroatoms. The molecule has 0 aliphatic rings. The molecule has 0 aromatic heterocycles. The molecule has 0 aliphatic carbocycles. The van der Waals surface area contributed by atoms with Crippen LogP contribution in [0.15, 0.2) is 30.3 Å². The summed E-state index contributed by atoms with van der Waals surface area (Å²) in [7, 11) is 0. The van der Waals surface area contributed by atoms with Crippen LogP contribution in [-0.4, -0.2) is 21.5 Å². The number of rotatable bonds is 4. The molecular weight excluding hydrogens is 251 g/mol. The average Bonchev–Trinajstić information content (AvgIpc) is 2.27. The molecule has 0 saturated carbocycles. The van der Waals surface area contributed by atoms with E-state index in [4.69, 9.17) is 27.9 Å². The van der Waals surface area contributed by atoms with E-state index in [2.05, 4.69) is 0 Å². The Labute approximate surface area is 104 Å². The van der Waals surface area contributed by atoms with E-state index in [9.17, 15) is 9.90 Å². The monoisotopic (exact) mass is 262 g/mol. The van der Waals surface area contributed by atoms with E-state index in [1.807, 2.05) is 18.2 Å². The summed E-state index contributed by atoms with van der Waals surface area (Å²) >= 11 is 11.3. The molecule has 0 unspecified atom stereocenters. The molecule has 1 N–H and O–H groups in total. The van der Waals surface area contributed by atoms with Gasteiger partial charge in [-0.2, -0.15) is 0 Å². The van der Waals surface area contributed by atoms with E-state index in [0.29, 0.717) is 0 Å². The molecule has 1 rings (SSSR count). The van der Waals surface area contributed by atoms with Crippen molar-refractivity contribution >= 4 is 29.2 Å². The fourth-order valence-corrected chi connectivity index (χ4v) is 1.10. The second-order valence-corrected chi connectivity index (χ2v) is 4.75. The zero-order valence-electron chi connectivity index (χ0n) is 8.69. The van der Waals surface area contributed by atoms with Crippen LogP contribution in [-0.2, 0) is 16.1 Å². The second-order valence-electron chi connectivity index (χ2n) is 3.36. The standard InChI is InChI=1S/C11H12Cl2O3/c1-8(14)11(12,13)10(15)16-7-9-5-3-2-4-6-9/h2-6,8,14H,7H2,1H3/t8-/m1/s1. The Morgan fingerprint density at radius 2 is 2.00 bits per heavy atom. The zero-order chi connectivity index (χ0) is 12.2. The molecule has 16 heavy (non-hydrogen) atoms. The van der Waals surface area contributed by atoms with Crippen molar-refractivity contribution in [3.63, 3.8) is 0 Å². The third kappa shape index (κ3) is 3.37. The Kier molecular flexibility index (Phi) is 4.59. The van der Waals surface area contributed by atoms with E-state index >= 15 is 0 Å². The number of alkyl halides is 2. The highest BCUT2D eigenvalue weighted by Crippen LogP contribution is 2.27. The molecule has 0 aliphatic heterocycles. The summed E-state index contributed by atoms with van der Waals surface area (Å²) in [6.07, 6.45) is -1.20. The Balaban J connectivity index is 2.54. The molecule has 0 spiro atoms. The lowest BCUT2D eigenvalue weighted by Crippen LogP contribution is -2.38. The first-order valence-corrected chi connectivity index (χ1v) is 5.47. The van der Waals surface area contributed by atoms with Crippen molar-refractivity contribution in [2.24, 2.45) is 0 Å². The number of hydrogen-bond acceptors (Lipinski definition) is 3. The molecule has 3 nitrogen and oxygen atoms in total. The number of aliphatic hydroxyl groups is 1. The van der Waals surface area contributed by atoms with Gasteiger partial charge in [-0.25, -0.2) is 4.79 Å². The Hall–Kier alpha value is -0.770. The van der Waals surface area contributed by atoms with Crippen molar-refractivity contribution in [3.05, 3.63) is 35.9 Å². The minimum absolute atomic E-state index is 0.0770. The molecular formula is C11H12Cl2O3. The van der Waals surface area contributed by atoms with Crippen LogP contribution in [0.4, 0.5) is 0 Å². The lowest BCUT2D eigenvalue weighted by molar-refractivity contribution is -0.148. The minimum atomic E-state index is -1.92. The number of carbonyl (C=O) groups excluding carboxylic acids is 1. The van der Waals surface area contributed by atoms with Crippen LogP contribution in [0.2, 0.25) is 0 Å². The molecule has 0 bridgehead atoms. The van der Waals surface area contributed by atoms with Gasteiger partial charge in [-0.3, -0.25) is 0 Å².